The highest BCUT2D eigenvalue weighted by molar-refractivity contribution is 6.00. The van der Waals surface area contributed by atoms with Crippen molar-refractivity contribution in [3.63, 3.8) is 0 Å². The number of carbonyl (C=O) groups excluding carboxylic acids is 1. The van der Waals surface area contributed by atoms with E-state index in [4.69, 9.17) is 15.2 Å². The normalized spacial score (nSPS) is 17.3. The maximum absolute atomic E-state index is 12.7. The summed E-state index contributed by atoms with van der Waals surface area (Å²) < 4.78 is 11.3. The van der Waals surface area contributed by atoms with Crippen molar-refractivity contribution in [2.75, 3.05) is 32.1 Å². The fraction of sp³-hybridized carbons (Fsp3) is 0.632. The van der Waals surface area contributed by atoms with Gasteiger partial charge >= 0.3 is 0 Å². The number of aliphatic hydroxyl groups is 1. The largest absolute Gasteiger partial charge is 0.493 e. The summed E-state index contributed by atoms with van der Waals surface area (Å²) in [7, 11) is 0. The maximum atomic E-state index is 12.7. The van der Waals surface area contributed by atoms with Crippen molar-refractivity contribution in [3.8, 4) is 5.75 Å². The Bertz CT molecular complexity index is 589. The summed E-state index contributed by atoms with van der Waals surface area (Å²) in [6, 6.07) is 3.39. The van der Waals surface area contributed by atoms with Gasteiger partial charge in [0.25, 0.3) is 5.91 Å². The molecule has 0 bridgehead atoms. The Labute approximate surface area is 149 Å². The molecule has 1 aliphatic heterocycles. The number of carbonyl (C=O) groups is 1. The van der Waals surface area contributed by atoms with Crippen molar-refractivity contribution in [1.29, 1.82) is 0 Å². The quantitative estimate of drug-likeness (QED) is 0.555. The number of nitrogen functional groups attached to an aromatic ring is 1. The van der Waals surface area contributed by atoms with Crippen LogP contribution in [0.5, 0.6) is 5.75 Å². The SMILES string of the molecule is Cc1cc(C(=O)N2CCC[C@H]2CO)c(N)cc1OCCCOC(C)C. The number of nitrogens with two attached hydrogens (primary N) is 1. The molecule has 6 heteroatoms. The van der Waals surface area contributed by atoms with Gasteiger partial charge in [-0.05, 0) is 45.2 Å². The number of likely N-dealkylation sites (tertiary alicyclic amines) is 1. The highest BCUT2D eigenvalue weighted by Gasteiger charge is 2.30. The van der Waals surface area contributed by atoms with Crippen LogP contribution in [0.2, 0.25) is 0 Å². The van der Waals surface area contributed by atoms with Crippen molar-refractivity contribution in [2.24, 2.45) is 0 Å². The first-order chi connectivity index (χ1) is 11.9. The average Bonchev–Trinajstić information content (AvgIpc) is 3.05. The molecular formula is C19H30N2O4. The van der Waals surface area contributed by atoms with E-state index in [9.17, 15) is 9.90 Å². The van der Waals surface area contributed by atoms with Crippen molar-refractivity contribution in [2.45, 2.75) is 52.2 Å². The van der Waals surface area contributed by atoms with Gasteiger partial charge in [-0.15, -0.1) is 0 Å². The van der Waals surface area contributed by atoms with Gasteiger partial charge in [0.1, 0.15) is 5.75 Å². The number of ether oxygens (including phenoxy) is 2. The van der Waals surface area contributed by atoms with Crippen molar-refractivity contribution in [3.05, 3.63) is 23.3 Å². The average molecular weight is 350 g/mol. The Kier molecular flexibility index (Phi) is 7.08. The standard InChI is InChI=1S/C19H30N2O4/c1-13(2)24-8-5-9-25-18-11-17(20)16(10-14(18)3)19(23)21-7-4-6-15(21)12-22/h10-11,13,15,22H,4-9,12,20H2,1-3H3/t15-/m0/s1. The number of rotatable bonds is 8. The Balaban J connectivity index is 2.00. The lowest BCUT2D eigenvalue weighted by molar-refractivity contribution is 0.0678. The molecule has 25 heavy (non-hydrogen) atoms. The van der Waals surface area contributed by atoms with Gasteiger partial charge in [0, 0.05) is 24.7 Å². The van der Waals surface area contributed by atoms with Crippen molar-refractivity contribution >= 4 is 11.6 Å². The topological polar surface area (TPSA) is 85.0 Å². The molecule has 0 spiro atoms. The molecule has 0 aliphatic carbocycles. The number of hydrogen-bond donors (Lipinski definition) is 2. The third-order valence-electron chi connectivity index (χ3n) is 4.42. The van der Waals surface area contributed by atoms with Crippen LogP contribution in [-0.2, 0) is 4.74 Å². The molecule has 1 amide bonds. The summed E-state index contributed by atoms with van der Waals surface area (Å²) in [6.07, 6.45) is 2.76. The molecule has 0 aromatic heterocycles. The zero-order valence-corrected chi connectivity index (χ0v) is 15.5. The van der Waals surface area contributed by atoms with Gasteiger partial charge in [-0.1, -0.05) is 0 Å². The minimum absolute atomic E-state index is 0.00965. The third kappa shape index (κ3) is 5.09. The summed E-state index contributed by atoms with van der Waals surface area (Å²) in [5.41, 5.74) is 7.87. The second-order valence-electron chi connectivity index (χ2n) is 6.80. The fourth-order valence-electron chi connectivity index (χ4n) is 3.05. The summed E-state index contributed by atoms with van der Waals surface area (Å²) in [4.78, 5) is 14.5. The molecule has 1 aliphatic rings. The zero-order chi connectivity index (χ0) is 18.4. The summed E-state index contributed by atoms with van der Waals surface area (Å²) >= 11 is 0. The minimum atomic E-state index is -0.117. The van der Waals surface area contributed by atoms with E-state index in [2.05, 4.69) is 0 Å². The van der Waals surface area contributed by atoms with Gasteiger partial charge in [-0.3, -0.25) is 4.79 Å². The van der Waals surface area contributed by atoms with Crippen LogP contribution in [-0.4, -0.2) is 54.4 Å². The van der Waals surface area contributed by atoms with Gasteiger partial charge in [-0.2, -0.15) is 0 Å². The third-order valence-corrected chi connectivity index (χ3v) is 4.42. The Morgan fingerprint density at radius 2 is 2.16 bits per heavy atom. The second-order valence-corrected chi connectivity index (χ2v) is 6.80. The number of anilines is 1. The molecule has 3 N–H and O–H groups in total. The smallest absolute Gasteiger partial charge is 0.256 e. The molecule has 140 valence electrons. The molecule has 6 nitrogen and oxygen atoms in total. The van der Waals surface area contributed by atoms with E-state index in [-0.39, 0.29) is 24.7 Å². The fourth-order valence-corrected chi connectivity index (χ4v) is 3.05. The van der Waals surface area contributed by atoms with E-state index in [0.29, 0.717) is 36.8 Å². The Hall–Kier alpha value is -1.79. The molecule has 1 saturated heterocycles. The zero-order valence-electron chi connectivity index (χ0n) is 15.5. The molecule has 1 atom stereocenters. The lowest BCUT2D eigenvalue weighted by atomic mass is 10.1. The maximum Gasteiger partial charge on any atom is 0.256 e. The Morgan fingerprint density at radius 3 is 2.84 bits per heavy atom. The van der Waals surface area contributed by atoms with Crippen molar-refractivity contribution < 1.29 is 19.4 Å². The molecule has 0 saturated carbocycles. The lowest BCUT2D eigenvalue weighted by Gasteiger charge is -2.24. The molecular weight excluding hydrogens is 320 g/mol. The van der Waals surface area contributed by atoms with Gasteiger partial charge in [0.05, 0.1) is 37.5 Å². The van der Waals surface area contributed by atoms with E-state index < -0.39 is 0 Å². The molecule has 1 aromatic rings. The van der Waals surface area contributed by atoms with Gasteiger partial charge < -0.3 is 25.2 Å². The number of aryl methyl sites for hydroxylation is 1. The number of hydrogen-bond acceptors (Lipinski definition) is 5. The van der Waals surface area contributed by atoms with Crippen LogP contribution >= 0.6 is 0 Å². The first kappa shape index (κ1) is 19.5. The number of aliphatic hydroxyl groups excluding tert-OH is 1. The van der Waals surface area contributed by atoms with Crippen LogP contribution in [0, 0.1) is 6.92 Å². The highest BCUT2D eigenvalue weighted by atomic mass is 16.5. The molecule has 1 fully saturated rings. The Morgan fingerprint density at radius 1 is 1.40 bits per heavy atom. The number of benzene rings is 1. The van der Waals surface area contributed by atoms with Crippen LogP contribution < -0.4 is 10.5 Å². The van der Waals surface area contributed by atoms with Crippen LogP contribution in [0.25, 0.3) is 0 Å². The summed E-state index contributed by atoms with van der Waals surface area (Å²) in [6.45, 7) is 7.76. The summed E-state index contributed by atoms with van der Waals surface area (Å²) in [5, 5.41) is 9.42. The first-order valence-electron chi connectivity index (χ1n) is 9.00. The van der Waals surface area contributed by atoms with Gasteiger partial charge in [0.2, 0.25) is 0 Å². The predicted octanol–water partition coefficient (Wildman–Crippen LogP) is 2.37. The highest BCUT2D eigenvalue weighted by Crippen LogP contribution is 2.28. The monoisotopic (exact) mass is 350 g/mol. The molecule has 0 unspecified atom stereocenters. The van der Waals surface area contributed by atoms with E-state index >= 15 is 0 Å². The number of nitrogens with zero attached hydrogens (tertiary/aromatic N) is 1. The van der Waals surface area contributed by atoms with E-state index in [1.807, 2.05) is 20.8 Å². The number of amides is 1. The second kappa shape index (κ2) is 9.06. The minimum Gasteiger partial charge on any atom is -0.493 e. The molecule has 1 aromatic carbocycles. The van der Waals surface area contributed by atoms with Gasteiger partial charge in [-0.25, -0.2) is 0 Å². The van der Waals surface area contributed by atoms with Crippen LogP contribution in [0.15, 0.2) is 12.1 Å². The molecule has 0 radical (unpaired) electrons. The van der Waals surface area contributed by atoms with Crippen LogP contribution in [0.3, 0.4) is 0 Å². The summed E-state index contributed by atoms with van der Waals surface area (Å²) in [5.74, 6) is 0.577. The lowest BCUT2D eigenvalue weighted by Crippen LogP contribution is -2.38. The molecule has 1 heterocycles. The van der Waals surface area contributed by atoms with E-state index in [1.165, 1.54) is 0 Å². The van der Waals surface area contributed by atoms with Crippen LogP contribution in [0.1, 0.15) is 49.0 Å². The van der Waals surface area contributed by atoms with Gasteiger partial charge in [0.15, 0.2) is 0 Å². The first-order valence-corrected chi connectivity index (χ1v) is 9.00. The van der Waals surface area contributed by atoms with E-state index in [0.717, 1.165) is 24.8 Å². The predicted molar refractivity (Wildman–Crippen MR) is 97.9 cm³/mol. The van der Waals surface area contributed by atoms with E-state index in [1.54, 1.807) is 17.0 Å². The van der Waals surface area contributed by atoms with Crippen LogP contribution in [0.4, 0.5) is 5.69 Å². The molecule has 2 rings (SSSR count). The van der Waals surface area contributed by atoms with Crippen molar-refractivity contribution in [1.82, 2.24) is 4.90 Å².